The monoisotopic (exact) mass is 414 g/mol. The highest BCUT2D eigenvalue weighted by molar-refractivity contribution is 8.00. The van der Waals surface area contributed by atoms with E-state index < -0.39 is 0 Å². The summed E-state index contributed by atoms with van der Waals surface area (Å²) in [6.07, 6.45) is 1.07. The molecule has 0 aliphatic carbocycles. The predicted molar refractivity (Wildman–Crippen MR) is 116 cm³/mol. The number of nitrogens with one attached hydrogen (secondary N) is 2. The topological polar surface area (TPSA) is 40.2 Å². The Balaban J connectivity index is 1.35. The predicted octanol–water partition coefficient (Wildman–Crippen LogP) is 5.40. The molecule has 1 atom stereocenters. The number of thiazole rings is 1. The van der Waals surface area contributed by atoms with Crippen LogP contribution >= 0.6 is 23.3 Å². The van der Waals surface area contributed by atoms with E-state index >= 15 is 0 Å². The zero-order chi connectivity index (χ0) is 19.3. The van der Waals surface area contributed by atoms with E-state index in [2.05, 4.69) is 44.2 Å². The highest BCUT2D eigenvalue weighted by Gasteiger charge is 2.23. The summed E-state index contributed by atoms with van der Waals surface area (Å²) >= 11 is 2.76. The van der Waals surface area contributed by atoms with E-state index in [-0.39, 0.29) is 5.82 Å². The van der Waals surface area contributed by atoms with Crippen LogP contribution in [0.4, 0.5) is 15.9 Å². The maximum absolute atomic E-state index is 14.6. The van der Waals surface area contributed by atoms with Crippen LogP contribution in [-0.2, 0) is 6.54 Å². The Bertz CT molecular complexity index is 902. The summed E-state index contributed by atoms with van der Waals surface area (Å²) in [5.41, 5.74) is 5.01. The van der Waals surface area contributed by atoms with Crippen molar-refractivity contribution < 1.29 is 4.39 Å². The smallest absolute Gasteiger partial charge is 0.147 e. The molecule has 1 aromatic heterocycles. The number of rotatable bonds is 7. The fraction of sp³-hybridized carbons (Fsp3) is 0.286. The summed E-state index contributed by atoms with van der Waals surface area (Å²) in [5.74, 6) is 0.527. The molecule has 0 bridgehead atoms. The van der Waals surface area contributed by atoms with E-state index in [1.807, 2.05) is 24.4 Å². The molecule has 0 amide bonds. The number of halogens is 1. The van der Waals surface area contributed by atoms with E-state index in [9.17, 15) is 4.39 Å². The molecule has 2 N–H and O–H groups in total. The van der Waals surface area contributed by atoms with Gasteiger partial charge in [-0.25, -0.2) is 9.37 Å². The number of nitrogens with zero attached hydrogens (tertiary/aromatic N) is 2. The SMILES string of the molecule is Cc1cc(SNc2cscn2)c(F)cc1NC1CCN(Cc2ccccc2)C1. The third kappa shape index (κ3) is 4.84. The van der Waals surface area contributed by atoms with Gasteiger partial charge in [-0.15, -0.1) is 11.3 Å². The number of anilines is 2. The maximum atomic E-state index is 14.6. The lowest BCUT2D eigenvalue weighted by Crippen LogP contribution is -2.26. The van der Waals surface area contributed by atoms with E-state index in [1.54, 1.807) is 11.6 Å². The molecular weight excluding hydrogens is 391 g/mol. The van der Waals surface area contributed by atoms with Gasteiger partial charge in [0.1, 0.15) is 11.6 Å². The Labute approximate surface area is 173 Å². The lowest BCUT2D eigenvalue weighted by atomic mass is 10.1. The van der Waals surface area contributed by atoms with Crippen LogP contribution in [-0.4, -0.2) is 29.0 Å². The van der Waals surface area contributed by atoms with Gasteiger partial charge in [0.25, 0.3) is 0 Å². The van der Waals surface area contributed by atoms with Gasteiger partial charge in [-0.3, -0.25) is 4.90 Å². The van der Waals surface area contributed by atoms with Crippen LogP contribution in [0.2, 0.25) is 0 Å². The molecule has 28 heavy (non-hydrogen) atoms. The molecule has 1 fully saturated rings. The molecule has 146 valence electrons. The van der Waals surface area contributed by atoms with Crippen LogP contribution in [0.25, 0.3) is 0 Å². The molecule has 2 aromatic carbocycles. The van der Waals surface area contributed by atoms with Crippen LogP contribution in [0, 0.1) is 12.7 Å². The molecule has 1 aliphatic rings. The van der Waals surface area contributed by atoms with Crippen molar-refractivity contribution in [2.75, 3.05) is 23.1 Å². The lowest BCUT2D eigenvalue weighted by Gasteiger charge is -2.19. The average Bonchev–Trinajstić information content (AvgIpc) is 3.36. The van der Waals surface area contributed by atoms with Crippen LogP contribution in [0.1, 0.15) is 17.5 Å². The second kappa shape index (κ2) is 8.94. The number of hydrogen-bond donors (Lipinski definition) is 2. The lowest BCUT2D eigenvalue weighted by molar-refractivity contribution is 0.328. The molecular formula is C21H23FN4S2. The molecule has 0 spiro atoms. The Morgan fingerprint density at radius 1 is 1.29 bits per heavy atom. The van der Waals surface area contributed by atoms with Gasteiger partial charge in [-0.05, 0) is 48.6 Å². The number of likely N-dealkylation sites (tertiary alicyclic amines) is 1. The van der Waals surface area contributed by atoms with Gasteiger partial charge in [0, 0.05) is 36.7 Å². The quantitative estimate of drug-likeness (QED) is 0.507. The van der Waals surface area contributed by atoms with E-state index in [1.165, 1.54) is 28.8 Å². The minimum Gasteiger partial charge on any atom is -0.381 e. The van der Waals surface area contributed by atoms with Gasteiger partial charge >= 0.3 is 0 Å². The number of hydrogen-bond acceptors (Lipinski definition) is 6. The van der Waals surface area contributed by atoms with Crippen LogP contribution < -0.4 is 10.0 Å². The Hall–Kier alpha value is -2.09. The third-order valence-electron chi connectivity index (χ3n) is 4.86. The Kier molecular flexibility index (Phi) is 6.14. The van der Waals surface area contributed by atoms with Gasteiger partial charge in [0.15, 0.2) is 0 Å². The maximum Gasteiger partial charge on any atom is 0.147 e. The molecule has 1 unspecified atom stereocenters. The van der Waals surface area contributed by atoms with Gasteiger partial charge < -0.3 is 10.0 Å². The first-order chi connectivity index (χ1) is 13.7. The third-order valence-corrected chi connectivity index (χ3v) is 6.29. The molecule has 1 aliphatic heterocycles. The summed E-state index contributed by atoms with van der Waals surface area (Å²) < 4.78 is 17.6. The second-order valence-electron chi connectivity index (χ2n) is 7.03. The number of aromatic nitrogens is 1. The fourth-order valence-electron chi connectivity index (χ4n) is 3.41. The molecule has 4 rings (SSSR count). The Morgan fingerprint density at radius 2 is 2.14 bits per heavy atom. The fourth-order valence-corrected chi connectivity index (χ4v) is 4.69. The first-order valence-corrected chi connectivity index (χ1v) is 11.1. The van der Waals surface area contributed by atoms with Crippen LogP contribution in [0.15, 0.2) is 58.3 Å². The molecule has 0 saturated carbocycles. The summed E-state index contributed by atoms with van der Waals surface area (Å²) in [5, 5.41) is 5.44. The zero-order valence-electron chi connectivity index (χ0n) is 15.7. The molecule has 1 saturated heterocycles. The van der Waals surface area contributed by atoms with Crippen molar-refractivity contribution in [3.63, 3.8) is 0 Å². The minimum atomic E-state index is -0.222. The highest BCUT2D eigenvalue weighted by atomic mass is 32.2. The minimum absolute atomic E-state index is 0.222. The van der Waals surface area contributed by atoms with Crippen molar-refractivity contribution in [3.8, 4) is 0 Å². The molecule has 7 heteroatoms. The molecule has 0 radical (unpaired) electrons. The summed E-state index contributed by atoms with van der Waals surface area (Å²) in [6, 6.07) is 14.4. The van der Waals surface area contributed by atoms with Crippen molar-refractivity contribution in [2.24, 2.45) is 0 Å². The standard InChI is InChI=1S/C21H23FN4S2/c1-15-9-20(28-25-21-13-27-14-23-21)18(22)10-19(15)24-17-7-8-26(12-17)11-16-5-3-2-4-6-16/h2-6,9-10,13-14,17,24-25H,7-8,11-12H2,1H3. The van der Waals surface area contributed by atoms with Crippen LogP contribution in [0.3, 0.4) is 0 Å². The van der Waals surface area contributed by atoms with E-state index in [0.29, 0.717) is 10.9 Å². The second-order valence-corrected chi connectivity index (χ2v) is 8.59. The molecule has 3 aromatic rings. The first-order valence-electron chi connectivity index (χ1n) is 9.31. The number of aryl methyl sites for hydroxylation is 1. The van der Waals surface area contributed by atoms with Crippen molar-refractivity contribution >= 4 is 34.8 Å². The zero-order valence-corrected chi connectivity index (χ0v) is 17.3. The average molecular weight is 415 g/mol. The Morgan fingerprint density at radius 3 is 2.93 bits per heavy atom. The van der Waals surface area contributed by atoms with Crippen molar-refractivity contribution in [1.82, 2.24) is 9.88 Å². The van der Waals surface area contributed by atoms with E-state index in [4.69, 9.17) is 0 Å². The molecule has 4 nitrogen and oxygen atoms in total. The van der Waals surface area contributed by atoms with Crippen molar-refractivity contribution in [2.45, 2.75) is 30.8 Å². The summed E-state index contributed by atoms with van der Waals surface area (Å²) in [7, 11) is 0. The normalized spacial score (nSPS) is 17.0. The first kappa shape index (κ1) is 19.2. The van der Waals surface area contributed by atoms with Crippen molar-refractivity contribution in [3.05, 3.63) is 70.3 Å². The van der Waals surface area contributed by atoms with E-state index in [0.717, 1.165) is 43.1 Å². The summed E-state index contributed by atoms with van der Waals surface area (Å²) in [4.78, 5) is 7.18. The van der Waals surface area contributed by atoms with Crippen molar-refractivity contribution in [1.29, 1.82) is 0 Å². The van der Waals surface area contributed by atoms with Gasteiger partial charge in [-0.2, -0.15) is 0 Å². The van der Waals surface area contributed by atoms with Gasteiger partial charge in [0.2, 0.25) is 0 Å². The van der Waals surface area contributed by atoms with Gasteiger partial charge in [-0.1, -0.05) is 30.3 Å². The number of benzene rings is 2. The summed E-state index contributed by atoms with van der Waals surface area (Å²) in [6.45, 7) is 5.01. The molecule has 2 heterocycles. The largest absolute Gasteiger partial charge is 0.381 e. The van der Waals surface area contributed by atoms with Crippen LogP contribution in [0.5, 0.6) is 0 Å². The highest BCUT2D eigenvalue weighted by Crippen LogP contribution is 2.29. The van der Waals surface area contributed by atoms with Gasteiger partial charge in [0.05, 0.1) is 10.4 Å².